The highest BCUT2D eigenvalue weighted by atomic mass is 19.1. The Labute approximate surface area is 122 Å². The van der Waals surface area contributed by atoms with Gasteiger partial charge in [0.15, 0.2) is 0 Å². The lowest BCUT2D eigenvalue weighted by molar-refractivity contribution is 0.351. The summed E-state index contributed by atoms with van der Waals surface area (Å²) in [5.41, 5.74) is 7.66. The second kappa shape index (κ2) is 6.57. The predicted octanol–water partition coefficient (Wildman–Crippen LogP) is 4.11. The van der Waals surface area contributed by atoms with Gasteiger partial charge in [-0.05, 0) is 49.7 Å². The van der Waals surface area contributed by atoms with Gasteiger partial charge in [0.25, 0.3) is 0 Å². The molecule has 1 heterocycles. The average molecular weight is 278 g/mol. The molecule has 0 aromatic heterocycles. The molecule has 2 nitrogen and oxygen atoms in total. The maximum Gasteiger partial charge on any atom is 0.146 e. The second-order valence-corrected chi connectivity index (χ2v) is 6.39. The molecular weight excluding hydrogens is 251 g/mol. The Morgan fingerprint density at radius 3 is 2.60 bits per heavy atom. The standard InChI is InChI=1S/C17H27FN2/c1-12(2)14-6-5-10-20(11-9-14)17-15(13(3)19)7-4-8-16(17)18/h4,7-8,12-14H,5-6,9-11,19H2,1-3H3. The van der Waals surface area contributed by atoms with Crippen LogP contribution in [-0.2, 0) is 0 Å². The summed E-state index contributed by atoms with van der Waals surface area (Å²) < 4.78 is 14.3. The van der Waals surface area contributed by atoms with E-state index in [2.05, 4.69) is 18.7 Å². The topological polar surface area (TPSA) is 29.3 Å². The summed E-state index contributed by atoms with van der Waals surface area (Å²) in [4.78, 5) is 2.20. The fourth-order valence-electron chi connectivity index (χ4n) is 3.25. The van der Waals surface area contributed by atoms with Crippen LogP contribution in [0.2, 0.25) is 0 Å². The first-order chi connectivity index (χ1) is 9.50. The molecule has 112 valence electrons. The third-order valence-electron chi connectivity index (χ3n) is 4.54. The third-order valence-corrected chi connectivity index (χ3v) is 4.54. The van der Waals surface area contributed by atoms with Gasteiger partial charge >= 0.3 is 0 Å². The lowest BCUT2D eigenvalue weighted by atomic mass is 9.89. The summed E-state index contributed by atoms with van der Waals surface area (Å²) in [5, 5.41) is 0. The zero-order chi connectivity index (χ0) is 14.7. The summed E-state index contributed by atoms with van der Waals surface area (Å²) in [6, 6.07) is 5.12. The predicted molar refractivity (Wildman–Crippen MR) is 83.4 cm³/mol. The summed E-state index contributed by atoms with van der Waals surface area (Å²) in [6.45, 7) is 8.37. The Hall–Kier alpha value is -1.09. The largest absolute Gasteiger partial charge is 0.369 e. The van der Waals surface area contributed by atoms with E-state index in [4.69, 9.17) is 5.73 Å². The van der Waals surface area contributed by atoms with Gasteiger partial charge in [-0.25, -0.2) is 4.39 Å². The Balaban J connectivity index is 2.23. The molecule has 2 N–H and O–H groups in total. The van der Waals surface area contributed by atoms with Crippen molar-refractivity contribution in [1.29, 1.82) is 0 Å². The second-order valence-electron chi connectivity index (χ2n) is 6.39. The number of hydrogen-bond acceptors (Lipinski definition) is 2. The number of rotatable bonds is 3. The monoisotopic (exact) mass is 278 g/mol. The zero-order valence-corrected chi connectivity index (χ0v) is 12.9. The summed E-state index contributed by atoms with van der Waals surface area (Å²) in [5.74, 6) is 1.33. The third kappa shape index (κ3) is 3.32. The van der Waals surface area contributed by atoms with E-state index < -0.39 is 0 Å². The molecule has 0 radical (unpaired) electrons. The van der Waals surface area contributed by atoms with Crippen molar-refractivity contribution in [2.45, 2.75) is 46.1 Å². The molecule has 20 heavy (non-hydrogen) atoms. The van der Waals surface area contributed by atoms with Crippen LogP contribution in [-0.4, -0.2) is 13.1 Å². The normalized spacial score (nSPS) is 21.9. The number of hydrogen-bond donors (Lipinski definition) is 1. The van der Waals surface area contributed by atoms with Crippen LogP contribution < -0.4 is 10.6 Å². The average Bonchev–Trinajstić information content (AvgIpc) is 2.64. The van der Waals surface area contributed by atoms with Gasteiger partial charge in [0.05, 0.1) is 5.69 Å². The first kappa shape index (κ1) is 15.3. The Kier molecular flexibility index (Phi) is 5.03. The molecule has 1 aromatic rings. The molecule has 0 saturated carbocycles. The van der Waals surface area contributed by atoms with Gasteiger partial charge in [-0.1, -0.05) is 26.0 Å². The van der Waals surface area contributed by atoms with Crippen LogP contribution >= 0.6 is 0 Å². The lowest BCUT2D eigenvalue weighted by Gasteiger charge is -2.27. The van der Waals surface area contributed by atoms with Gasteiger partial charge in [0, 0.05) is 19.1 Å². The molecule has 1 aliphatic heterocycles. The number of para-hydroxylation sites is 1. The first-order valence-electron chi connectivity index (χ1n) is 7.79. The van der Waals surface area contributed by atoms with E-state index in [1.165, 1.54) is 6.42 Å². The fraction of sp³-hybridized carbons (Fsp3) is 0.647. The van der Waals surface area contributed by atoms with Crippen LogP contribution in [0.4, 0.5) is 10.1 Å². The quantitative estimate of drug-likeness (QED) is 0.901. The highest BCUT2D eigenvalue weighted by molar-refractivity contribution is 5.56. The Morgan fingerprint density at radius 1 is 1.20 bits per heavy atom. The van der Waals surface area contributed by atoms with Crippen LogP contribution in [0, 0.1) is 17.7 Å². The molecule has 2 unspecified atom stereocenters. The van der Waals surface area contributed by atoms with Crippen LogP contribution in [0.5, 0.6) is 0 Å². The minimum atomic E-state index is -0.136. The van der Waals surface area contributed by atoms with E-state index in [0.29, 0.717) is 5.92 Å². The van der Waals surface area contributed by atoms with Crippen molar-refractivity contribution in [3.05, 3.63) is 29.6 Å². The smallest absolute Gasteiger partial charge is 0.146 e. The van der Waals surface area contributed by atoms with Crippen LogP contribution in [0.25, 0.3) is 0 Å². The van der Waals surface area contributed by atoms with Crippen molar-refractivity contribution in [3.63, 3.8) is 0 Å². The van der Waals surface area contributed by atoms with Gasteiger partial charge in [-0.2, -0.15) is 0 Å². The SMILES string of the molecule is CC(N)c1cccc(F)c1N1CCCC(C(C)C)CC1. The molecule has 0 bridgehead atoms. The maximum atomic E-state index is 14.3. The number of nitrogens with zero attached hydrogens (tertiary/aromatic N) is 1. The fourth-order valence-corrected chi connectivity index (χ4v) is 3.25. The van der Waals surface area contributed by atoms with E-state index in [9.17, 15) is 4.39 Å². The van der Waals surface area contributed by atoms with Crippen LogP contribution in [0.1, 0.15) is 51.6 Å². The van der Waals surface area contributed by atoms with E-state index >= 15 is 0 Å². The van der Waals surface area contributed by atoms with E-state index in [-0.39, 0.29) is 11.9 Å². The number of nitrogens with two attached hydrogens (primary N) is 1. The van der Waals surface area contributed by atoms with Crippen molar-refractivity contribution < 1.29 is 4.39 Å². The molecule has 1 aliphatic rings. The highest BCUT2D eigenvalue weighted by Gasteiger charge is 2.23. The first-order valence-corrected chi connectivity index (χ1v) is 7.79. The summed E-state index contributed by atoms with van der Waals surface area (Å²) in [7, 11) is 0. The van der Waals surface area contributed by atoms with Gasteiger partial charge in [-0.3, -0.25) is 0 Å². The highest BCUT2D eigenvalue weighted by Crippen LogP contribution is 2.32. The Morgan fingerprint density at radius 2 is 1.95 bits per heavy atom. The van der Waals surface area contributed by atoms with Crippen molar-refractivity contribution >= 4 is 5.69 Å². The van der Waals surface area contributed by atoms with E-state index in [0.717, 1.165) is 43.1 Å². The van der Waals surface area contributed by atoms with E-state index in [1.807, 2.05) is 13.0 Å². The van der Waals surface area contributed by atoms with Crippen LogP contribution in [0.15, 0.2) is 18.2 Å². The number of benzene rings is 1. The Bertz CT molecular complexity index is 443. The molecule has 2 rings (SSSR count). The van der Waals surface area contributed by atoms with Crippen molar-refractivity contribution in [3.8, 4) is 0 Å². The number of halogens is 1. The van der Waals surface area contributed by atoms with Crippen LogP contribution in [0.3, 0.4) is 0 Å². The van der Waals surface area contributed by atoms with Crippen molar-refractivity contribution in [2.75, 3.05) is 18.0 Å². The van der Waals surface area contributed by atoms with Crippen molar-refractivity contribution in [1.82, 2.24) is 0 Å². The van der Waals surface area contributed by atoms with Gasteiger partial charge < -0.3 is 10.6 Å². The van der Waals surface area contributed by atoms with E-state index in [1.54, 1.807) is 12.1 Å². The molecule has 0 aliphatic carbocycles. The molecule has 1 aromatic carbocycles. The van der Waals surface area contributed by atoms with Gasteiger partial charge in [0.1, 0.15) is 5.82 Å². The molecule has 1 saturated heterocycles. The molecule has 2 atom stereocenters. The molecular formula is C17H27FN2. The lowest BCUT2D eigenvalue weighted by Crippen LogP contribution is -2.28. The molecule has 0 spiro atoms. The maximum absolute atomic E-state index is 14.3. The minimum Gasteiger partial charge on any atom is -0.369 e. The molecule has 0 amide bonds. The summed E-state index contributed by atoms with van der Waals surface area (Å²) in [6.07, 6.45) is 3.52. The molecule has 1 fully saturated rings. The molecule has 3 heteroatoms. The number of anilines is 1. The zero-order valence-electron chi connectivity index (χ0n) is 12.9. The minimum absolute atomic E-state index is 0.134. The van der Waals surface area contributed by atoms with Gasteiger partial charge in [-0.15, -0.1) is 0 Å². The van der Waals surface area contributed by atoms with Gasteiger partial charge in [0.2, 0.25) is 0 Å². The van der Waals surface area contributed by atoms with Crippen molar-refractivity contribution in [2.24, 2.45) is 17.6 Å². The summed E-state index contributed by atoms with van der Waals surface area (Å²) >= 11 is 0.